The van der Waals surface area contributed by atoms with Crippen molar-refractivity contribution in [3.8, 4) is 0 Å². The summed E-state index contributed by atoms with van der Waals surface area (Å²) in [5.74, 6) is 1.06. The molecule has 1 atom stereocenters. The smallest absolute Gasteiger partial charge is 0.225 e. The molecular weight excluding hydrogens is 300 g/mol. The molecule has 132 valence electrons. The summed E-state index contributed by atoms with van der Waals surface area (Å²) in [5, 5.41) is 3.33. The van der Waals surface area contributed by atoms with E-state index >= 15 is 0 Å². The number of carbonyl (C=O) groups is 1. The third-order valence-electron chi connectivity index (χ3n) is 5.31. The van der Waals surface area contributed by atoms with Gasteiger partial charge in [0.1, 0.15) is 0 Å². The van der Waals surface area contributed by atoms with Crippen LogP contribution >= 0.6 is 0 Å². The Morgan fingerprint density at radius 3 is 2.62 bits per heavy atom. The third-order valence-corrected chi connectivity index (χ3v) is 5.31. The quantitative estimate of drug-likeness (QED) is 0.924. The van der Waals surface area contributed by atoms with E-state index in [0.29, 0.717) is 6.04 Å². The number of nitrogens with zero attached hydrogens (tertiary/aromatic N) is 3. The van der Waals surface area contributed by atoms with Gasteiger partial charge in [-0.2, -0.15) is 0 Å². The van der Waals surface area contributed by atoms with Crippen LogP contribution < -0.4 is 10.2 Å². The Labute approximate surface area is 145 Å². The number of nitrogens with one attached hydrogen (secondary N) is 1. The van der Waals surface area contributed by atoms with Gasteiger partial charge in [-0.25, -0.2) is 9.97 Å². The van der Waals surface area contributed by atoms with Gasteiger partial charge in [-0.05, 0) is 38.7 Å². The fraction of sp³-hybridized carbons (Fsp3) is 0.737. The van der Waals surface area contributed by atoms with Crippen molar-refractivity contribution in [3.05, 3.63) is 18.0 Å². The second-order valence-electron chi connectivity index (χ2n) is 7.33. The van der Waals surface area contributed by atoms with Gasteiger partial charge in [0.2, 0.25) is 11.9 Å². The number of aryl methyl sites for hydroxylation is 1. The zero-order chi connectivity index (χ0) is 16.8. The monoisotopic (exact) mass is 330 g/mol. The molecule has 1 saturated heterocycles. The second-order valence-corrected chi connectivity index (χ2v) is 7.33. The molecule has 0 aromatic carbocycles. The van der Waals surface area contributed by atoms with Crippen molar-refractivity contribution < 1.29 is 4.79 Å². The topological polar surface area (TPSA) is 58.1 Å². The lowest BCUT2D eigenvalue weighted by molar-refractivity contribution is -0.126. The molecule has 1 N–H and O–H groups in total. The van der Waals surface area contributed by atoms with Crippen molar-refractivity contribution in [2.24, 2.45) is 5.92 Å². The predicted octanol–water partition coefficient (Wildman–Crippen LogP) is 3.23. The molecule has 24 heavy (non-hydrogen) atoms. The highest BCUT2D eigenvalue weighted by atomic mass is 16.2. The van der Waals surface area contributed by atoms with Gasteiger partial charge in [-0.1, -0.05) is 32.1 Å². The molecular formula is C19H30N4O. The van der Waals surface area contributed by atoms with Crippen LogP contribution in [0.1, 0.15) is 63.5 Å². The van der Waals surface area contributed by atoms with Gasteiger partial charge in [-0.15, -0.1) is 0 Å². The molecule has 5 heteroatoms. The minimum absolute atomic E-state index is 0.0632. The van der Waals surface area contributed by atoms with Crippen molar-refractivity contribution in [2.45, 2.75) is 70.8 Å². The summed E-state index contributed by atoms with van der Waals surface area (Å²) in [7, 11) is 0. The fourth-order valence-electron chi connectivity index (χ4n) is 3.88. The number of carbonyl (C=O) groups excluding carboxylic acids is 1. The van der Waals surface area contributed by atoms with Crippen LogP contribution in [0.4, 0.5) is 5.95 Å². The minimum Gasteiger partial charge on any atom is -0.353 e. The number of amides is 1. The molecule has 1 amide bonds. The summed E-state index contributed by atoms with van der Waals surface area (Å²) in [5.41, 5.74) is 0.973. The predicted molar refractivity (Wildman–Crippen MR) is 96.0 cm³/mol. The SMILES string of the molecule is Cc1ccnc(N2CCC[C@H](C(=O)NC3CCCCCCC3)C2)n1. The Morgan fingerprint density at radius 2 is 1.88 bits per heavy atom. The molecule has 0 spiro atoms. The standard InChI is InChI=1S/C19H30N4O/c1-15-11-12-20-19(21-15)23-13-7-8-16(14-23)18(24)22-17-9-5-3-2-4-6-10-17/h11-12,16-17H,2-10,13-14H2,1H3,(H,22,24)/t16-/m0/s1. The van der Waals surface area contributed by atoms with Crippen molar-refractivity contribution in [3.63, 3.8) is 0 Å². The van der Waals surface area contributed by atoms with E-state index in [1.807, 2.05) is 13.0 Å². The Morgan fingerprint density at radius 1 is 1.12 bits per heavy atom. The van der Waals surface area contributed by atoms with Gasteiger partial charge in [0.05, 0.1) is 5.92 Å². The summed E-state index contributed by atoms with van der Waals surface area (Å²) in [4.78, 5) is 23.8. The lowest BCUT2D eigenvalue weighted by atomic mass is 9.94. The van der Waals surface area contributed by atoms with E-state index in [1.54, 1.807) is 6.20 Å². The van der Waals surface area contributed by atoms with E-state index in [1.165, 1.54) is 32.1 Å². The molecule has 0 unspecified atom stereocenters. The van der Waals surface area contributed by atoms with Crippen LogP contribution in [0.2, 0.25) is 0 Å². The zero-order valence-corrected chi connectivity index (χ0v) is 14.8. The average Bonchev–Trinajstić information content (AvgIpc) is 2.57. The van der Waals surface area contributed by atoms with E-state index < -0.39 is 0 Å². The van der Waals surface area contributed by atoms with Gasteiger partial charge in [-0.3, -0.25) is 4.79 Å². The molecule has 2 aliphatic rings. The first kappa shape index (κ1) is 17.2. The molecule has 1 aliphatic heterocycles. The molecule has 0 radical (unpaired) electrons. The van der Waals surface area contributed by atoms with E-state index in [0.717, 1.165) is 50.4 Å². The number of hydrogen-bond acceptors (Lipinski definition) is 4. The number of anilines is 1. The van der Waals surface area contributed by atoms with E-state index in [9.17, 15) is 4.79 Å². The third kappa shape index (κ3) is 4.68. The highest BCUT2D eigenvalue weighted by Crippen LogP contribution is 2.22. The van der Waals surface area contributed by atoms with Crippen molar-refractivity contribution in [2.75, 3.05) is 18.0 Å². The highest BCUT2D eigenvalue weighted by molar-refractivity contribution is 5.79. The molecule has 3 rings (SSSR count). The molecule has 1 saturated carbocycles. The summed E-state index contributed by atoms with van der Waals surface area (Å²) >= 11 is 0. The van der Waals surface area contributed by atoms with Crippen molar-refractivity contribution in [1.29, 1.82) is 0 Å². The number of piperidine rings is 1. The van der Waals surface area contributed by atoms with Gasteiger partial charge < -0.3 is 10.2 Å². The van der Waals surface area contributed by atoms with Crippen LogP contribution in [0.15, 0.2) is 12.3 Å². The van der Waals surface area contributed by atoms with Gasteiger partial charge in [0, 0.05) is 31.0 Å². The summed E-state index contributed by atoms with van der Waals surface area (Å²) in [6.45, 7) is 3.66. The maximum absolute atomic E-state index is 12.7. The molecule has 1 aromatic rings. The highest BCUT2D eigenvalue weighted by Gasteiger charge is 2.28. The molecule has 2 heterocycles. The normalized spacial score (nSPS) is 23.4. The fourth-order valence-corrected chi connectivity index (χ4v) is 3.88. The number of rotatable bonds is 3. The minimum atomic E-state index is 0.0632. The van der Waals surface area contributed by atoms with Gasteiger partial charge in [0.25, 0.3) is 0 Å². The first-order valence-electron chi connectivity index (χ1n) is 9.57. The van der Waals surface area contributed by atoms with Crippen LogP contribution in [-0.2, 0) is 4.79 Å². The summed E-state index contributed by atoms with van der Waals surface area (Å²) in [6, 6.07) is 2.29. The lowest BCUT2D eigenvalue weighted by Crippen LogP contribution is -2.46. The second kappa shape index (κ2) is 8.45. The van der Waals surface area contributed by atoms with E-state index in [-0.39, 0.29) is 11.8 Å². The van der Waals surface area contributed by atoms with Crippen LogP contribution in [0, 0.1) is 12.8 Å². The maximum Gasteiger partial charge on any atom is 0.225 e. The maximum atomic E-state index is 12.7. The average molecular weight is 330 g/mol. The lowest BCUT2D eigenvalue weighted by Gasteiger charge is -2.33. The van der Waals surface area contributed by atoms with Crippen LogP contribution in [0.3, 0.4) is 0 Å². The Bertz CT molecular complexity index is 540. The van der Waals surface area contributed by atoms with Crippen LogP contribution in [0.5, 0.6) is 0 Å². The number of aromatic nitrogens is 2. The molecule has 0 bridgehead atoms. The Hall–Kier alpha value is -1.65. The van der Waals surface area contributed by atoms with Gasteiger partial charge >= 0.3 is 0 Å². The zero-order valence-electron chi connectivity index (χ0n) is 14.8. The molecule has 1 aromatic heterocycles. The first-order valence-corrected chi connectivity index (χ1v) is 9.57. The molecule has 1 aliphatic carbocycles. The van der Waals surface area contributed by atoms with Crippen LogP contribution in [-0.4, -0.2) is 35.0 Å². The largest absolute Gasteiger partial charge is 0.353 e. The Balaban J connectivity index is 1.56. The van der Waals surface area contributed by atoms with E-state index in [2.05, 4.69) is 20.2 Å². The first-order chi connectivity index (χ1) is 11.7. The van der Waals surface area contributed by atoms with Crippen molar-refractivity contribution in [1.82, 2.24) is 15.3 Å². The Kier molecular flexibility index (Phi) is 6.05. The summed E-state index contributed by atoms with van der Waals surface area (Å²) < 4.78 is 0. The van der Waals surface area contributed by atoms with Gasteiger partial charge in [0.15, 0.2) is 0 Å². The molecule has 5 nitrogen and oxygen atoms in total. The number of hydrogen-bond donors (Lipinski definition) is 1. The van der Waals surface area contributed by atoms with E-state index in [4.69, 9.17) is 0 Å². The molecule has 2 fully saturated rings. The van der Waals surface area contributed by atoms with Crippen LogP contribution in [0.25, 0.3) is 0 Å². The van der Waals surface area contributed by atoms with Crippen molar-refractivity contribution >= 4 is 11.9 Å². The summed E-state index contributed by atoms with van der Waals surface area (Å²) in [6.07, 6.45) is 12.6.